The zero-order chi connectivity index (χ0) is 12.1. The van der Waals surface area contributed by atoms with Crippen LogP contribution in [0.4, 0.5) is 8.78 Å². The fourth-order valence-electron chi connectivity index (χ4n) is 0.879. The molecule has 6 heteroatoms. The van der Waals surface area contributed by atoms with E-state index in [-0.39, 0.29) is 11.5 Å². The van der Waals surface area contributed by atoms with Gasteiger partial charge < -0.3 is 4.74 Å². The van der Waals surface area contributed by atoms with Crippen molar-refractivity contribution in [3.8, 4) is 0 Å². The maximum absolute atomic E-state index is 12.8. The highest BCUT2D eigenvalue weighted by Crippen LogP contribution is 2.21. The minimum Gasteiger partial charge on any atom is -0.460 e. The molecule has 0 amide bonds. The van der Waals surface area contributed by atoms with Crippen molar-refractivity contribution in [1.82, 2.24) is 0 Å². The molecule has 3 nitrogen and oxygen atoms in total. The molecule has 0 aliphatic heterocycles. The summed E-state index contributed by atoms with van der Waals surface area (Å²) in [6, 6.07) is 2.94. The summed E-state index contributed by atoms with van der Waals surface area (Å²) in [5.74, 6) is -3.08. The third-order valence-electron chi connectivity index (χ3n) is 1.54. The maximum atomic E-state index is 12.8. The average molecular weight is 246 g/mol. The number of carbonyl (C=O) groups is 2. The molecule has 86 valence electrons. The number of benzene rings is 1. The molecule has 0 heterocycles. The Hall–Kier alpha value is -1.43. The van der Waals surface area contributed by atoms with Crippen molar-refractivity contribution in [1.29, 1.82) is 0 Å². The molecule has 1 aromatic rings. The van der Waals surface area contributed by atoms with E-state index in [4.69, 9.17) is 0 Å². The van der Waals surface area contributed by atoms with Gasteiger partial charge in [0.15, 0.2) is 11.6 Å². The Morgan fingerprint density at radius 1 is 1.31 bits per heavy atom. The second-order valence-corrected chi connectivity index (χ2v) is 3.73. The lowest BCUT2D eigenvalue weighted by Gasteiger charge is -2.01. The van der Waals surface area contributed by atoms with E-state index in [9.17, 15) is 18.4 Å². The Bertz CT molecular complexity index is 421. The highest BCUT2D eigenvalue weighted by atomic mass is 32.2. The van der Waals surface area contributed by atoms with Gasteiger partial charge in [-0.3, -0.25) is 4.79 Å². The summed E-state index contributed by atoms with van der Waals surface area (Å²) in [6.07, 6.45) is 0. The van der Waals surface area contributed by atoms with E-state index in [0.717, 1.165) is 12.1 Å². The lowest BCUT2D eigenvalue weighted by atomic mass is 10.3. The summed E-state index contributed by atoms with van der Waals surface area (Å²) in [6.45, 7) is 1.65. The van der Waals surface area contributed by atoms with Gasteiger partial charge in [0.1, 0.15) is 0 Å². The molecule has 16 heavy (non-hydrogen) atoms. The molecule has 0 bridgehead atoms. The molecule has 0 aromatic heterocycles. The number of thioether (sulfide) groups is 1. The van der Waals surface area contributed by atoms with E-state index in [1.807, 2.05) is 0 Å². The van der Waals surface area contributed by atoms with Crippen LogP contribution >= 0.6 is 11.8 Å². The van der Waals surface area contributed by atoms with Crippen LogP contribution in [0.15, 0.2) is 23.1 Å². The zero-order valence-corrected chi connectivity index (χ0v) is 9.14. The van der Waals surface area contributed by atoms with Crippen molar-refractivity contribution in [2.45, 2.75) is 11.8 Å². The van der Waals surface area contributed by atoms with Crippen LogP contribution in [-0.2, 0) is 14.3 Å². The van der Waals surface area contributed by atoms with Crippen LogP contribution in [0.1, 0.15) is 6.92 Å². The van der Waals surface area contributed by atoms with E-state index in [2.05, 4.69) is 4.74 Å². The molecule has 0 radical (unpaired) electrons. The first-order chi connectivity index (χ1) is 7.54. The van der Waals surface area contributed by atoms with E-state index < -0.39 is 22.7 Å². The smallest absolute Gasteiger partial charge is 0.386 e. The number of esters is 1. The van der Waals surface area contributed by atoms with Gasteiger partial charge in [0, 0.05) is 4.90 Å². The van der Waals surface area contributed by atoms with Crippen molar-refractivity contribution < 1.29 is 23.1 Å². The topological polar surface area (TPSA) is 43.4 Å². The highest BCUT2D eigenvalue weighted by Gasteiger charge is 2.17. The van der Waals surface area contributed by atoms with Gasteiger partial charge in [0.25, 0.3) is 0 Å². The molecule has 0 fully saturated rings. The molecule has 0 saturated carbocycles. The Labute approximate surface area is 94.8 Å². The van der Waals surface area contributed by atoms with Gasteiger partial charge in [-0.1, -0.05) is 0 Å². The summed E-state index contributed by atoms with van der Waals surface area (Å²) in [5, 5.41) is -0.868. The summed E-state index contributed by atoms with van der Waals surface area (Å²) < 4.78 is 29.8. The van der Waals surface area contributed by atoms with Crippen molar-refractivity contribution in [3.63, 3.8) is 0 Å². The number of ether oxygens (including phenoxy) is 1. The van der Waals surface area contributed by atoms with Crippen LogP contribution in [0.5, 0.6) is 0 Å². The van der Waals surface area contributed by atoms with Gasteiger partial charge in [-0.15, -0.1) is 0 Å². The summed E-state index contributed by atoms with van der Waals surface area (Å²) in [7, 11) is 0. The first-order valence-corrected chi connectivity index (χ1v) is 5.20. The molecule has 1 aromatic carbocycles. The van der Waals surface area contributed by atoms with Gasteiger partial charge >= 0.3 is 11.1 Å². The van der Waals surface area contributed by atoms with Crippen LogP contribution in [0.2, 0.25) is 0 Å². The number of carbonyl (C=O) groups excluding carboxylic acids is 2. The van der Waals surface area contributed by atoms with Crippen LogP contribution in [0.25, 0.3) is 0 Å². The minimum atomic E-state index is -1.07. The lowest BCUT2D eigenvalue weighted by Crippen LogP contribution is -2.13. The summed E-state index contributed by atoms with van der Waals surface area (Å²) >= 11 is 0.494. The van der Waals surface area contributed by atoms with Crippen LogP contribution in [-0.4, -0.2) is 17.7 Å². The Morgan fingerprint density at radius 2 is 2.00 bits per heavy atom. The summed E-state index contributed by atoms with van der Waals surface area (Å²) in [4.78, 5) is 22.3. The van der Waals surface area contributed by atoms with Gasteiger partial charge in [0.2, 0.25) is 0 Å². The molecule has 0 N–H and O–H groups in total. The lowest BCUT2D eigenvalue weighted by molar-refractivity contribution is -0.149. The predicted octanol–water partition coefficient (Wildman–Crippen LogP) is 2.15. The highest BCUT2D eigenvalue weighted by molar-refractivity contribution is 8.15. The second kappa shape index (κ2) is 5.60. The second-order valence-electron chi connectivity index (χ2n) is 2.69. The monoisotopic (exact) mass is 246 g/mol. The van der Waals surface area contributed by atoms with Crippen LogP contribution in [0, 0.1) is 11.6 Å². The van der Waals surface area contributed by atoms with Gasteiger partial charge in [-0.2, -0.15) is 0 Å². The molecular weight excluding hydrogens is 238 g/mol. The molecule has 0 aliphatic rings. The normalized spacial score (nSPS) is 9.94. The molecule has 0 atom stereocenters. The minimum absolute atomic E-state index is 0.0862. The molecule has 0 aliphatic carbocycles. The molecule has 0 unspecified atom stereocenters. The molecule has 0 saturated heterocycles. The van der Waals surface area contributed by atoms with Crippen molar-refractivity contribution in [2.75, 3.05) is 6.61 Å². The van der Waals surface area contributed by atoms with Crippen molar-refractivity contribution in [3.05, 3.63) is 29.8 Å². The largest absolute Gasteiger partial charge is 0.460 e. The fraction of sp³-hybridized carbons (Fsp3) is 0.200. The van der Waals surface area contributed by atoms with Gasteiger partial charge in [-0.25, -0.2) is 13.6 Å². The first-order valence-electron chi connectivity index (χ1n) is 4.38. The number of rotatable bonds is 2. The van der Waals surface area contributed by atoms with E-state index in [1.54, 1.807) is 6.92 Å². The van der Waals surface area contributed by atoms with Crippen LogP contribution < -0.4 is 0 Å². The van der Waals surface area contributed by atoms with E-state index in [1.165, 1.54) is 6.07 Å². The summed E-state index contributed by atoms with van der Waals surface area (Å²) in [5.41, 5.74) is 0. The van der Waals surface area contributed by atoms with E-state index in [0.29, 0.717) is 11.8 Å². The van der Waals surface area contributed by atoms with Crippen molar-refractivity contribution in [2.24, 2.45) is 0 Å². The third kappa shape index (κ3) is 3.30. The number of hydrogen-bond acceptors (Lipinski definition) is 4. The fourth-order valence-corrected chi connectivity index (χ4v) is 1.53. The zero-order valence-electron chi connectivity index (χ0n) is 8.33. The molecule has 1 rings (SSSR count). The molecular formula is C10H8F2O3S. The third-order valence-corrected chi connectivity index (χ3v) is 2.39. The predicted molar refractivity (Wildman–Crippen MR) is 53.9 cm³/mol. The number of hydrogen-bond donors (Lipinski definition) is 0. The number of halogens is 2. The quantitative estimate of drug-likeness (QED) is 0.455. The van der Waals surface area contributed by atoms with Crippen LogP contribution in [0.3, 0.4) is 0 Å². The Kier molecular flexibility index (Phi) is 4.42. The maximum Gasteiger partial charge on any atom is 0.386 e. The SMILES string of the molecule is CCOC(=O)C(=O)Sc1ccc(F)c(F)c1. The Morgan fingerprint density at radius 3 is 2.56 bits per heavy atom. The average Bonchev–Trinajstić information content (AvgIpc) is 2.24. The van der Waals surface area contributed by atoms with Gasteiger partial charge in [-0.05, 0) is 36.9 Å². The Balaban J connectivity index is 2.70. The van der Waals surface area contributed by atoms with E-state index >= 15 is 0 Å². The van der Waals surface area contributed by atoms with Gasteiger partial charge in [0.05, 0.1) is 6.61 Å². The standard InChI is InChI=1S/C10H8F2O3S/c1-2-15-9(13)10(14)16-6-3-4-7(11)8(12)5-6/h3-5H,2H2,1H3. The molecule has 0 spiro atoms. The van der Waals surface area contributed by atoms with Crippen molar-refractivity contribution >= 4 is 22.8 Å². The first kappa shape index (κ1) is 12.6.